The van der Waals surface area contributed by atoms with Crippen molar-refractivity contribution in [3.05, 3.63) is 48.0 Å². The van der Waals surface area contributed by atoms with Crippen LogP contribution in [-0.4, -0.2) is 64.8 Å². The molecule has 1 aliphatic heterocycles. The Morgan fingerprint density at radius 1 is 1.44 bits per heavy atom. The van der Waals surface area contributed by atoms with Crippen molar-refractivity contribution in [3.63, 3.8) is 0 Å². The van der Waals surface area contributed by atoms with Gasteiger partial charge in [-0.25, -0.2) is 4.39 Å². The lowest BCUT2D eigenvalue weighted by Crippen LogP contribution is -2.47. The van der Waals surface area contributed by atoms with Crippen molar-refractivity contribution in [2.45, 2.75) is 25.7 Å². The van der Waals surface area contributed by atoms with Crippen LogP contribution >= 0.6 is 0 Å². The highest BCUT2D eigenvalue weighted by atomic mass is 19.1. The van der Waals surface area contributed by atoms with Crippen LogP contribution in [0, 0.1) is 12.7 Å². The van der Waals surface area contributed by atoms with Crippen molar-refractivity contribution in [1.82, 2.24) is 14.7 Å². The largest absolute Gasteiger partial charge is 0.488 e. The van der Waals surface area contributed by atoms with Crippen LogP contribution in [0.1, 0.15) is 5.56 Å². The third-order valence-corrected chi connectivity index (χ3v) is 4.11. The molecule has 0 saturated carbocycles. The van der Waals surface area contributed by atoms with Gasteiger partial charge in [-0.2, -0.15) is 5.10 Å². The van der Waals surface area contributed by atoms with Gasteiger partial charge in [0.2, 0.25) is 0 Å². The Bertz CT molecular complexity index is 679. The van der Waals surface area contributed by atoms with Gasteiger partial charge in [-0.15, -0.1) is 0 Å². The Hall–Kier alpha value is -1.96. The number of ether oxygens (including phenoxy) is 2. The van der Waals surface area contributed by atoms with E-state index in [0.717, 1.165) is 18.7 Å². The summed E-state index contributed by atoms with van der Waals surface area (Å²) in [5, 5.41) is 14.5. The first-order valence-corrected chi connectivity index (χ1v) is 8.48. The molecular weight excluding hydrogens is 325 g/mol. The van der Waals surface area contributed by atoms with Crippen molar-refractivity contribution in [3.8, 4) is 5.75 Å². The fourth-order valence-corrected chi connectivity index (χ4v) is 2.93. The van der Waals surface area contributed by atoms with Crippen LogP contribution < -0.4 is 4.74 Å². The fourth-order valence-electron chi connectivity index (χ4n) is 2.93. The number of aromatic nitrogens is 2. The van der Waals surface area contributed by atoms with E-state index >= 15 is 0 Å². The molecule has 7 heteroatoms. The number of halogens is 1. The first kappa shape index (κ1) is 17.8. The number of para-hydroxylation sites is 1. The predicted octanol–water partition coefficient (Wildman–Crippen LogP) is 1.47. The second kappa shape index (κ2) is 8.42. The first-order valence-electron chi connectivity index (χ1n) is 8.48. The topological polar surface area (TPSA) is 59.8 Å². The molecule has 1 fully saturated rings. The van der Waals surface area contributed by atoms with E-state index in [1.807, 2.05) is 24.0 Å². The smallest absolute Gasteiger partial charge is 0.165 e. The van der Waals surface area contributed by atoms with E-state index in [-0.39, 0.29) is 18.5 Å². The van der Waals surface area contributed by atoms with Crippen LogP contribution in [0.5, 0.6) is 5.75 Å². The molecule has 0 radical (unpaired) electrons. The summed E-state index contributed by atoms with van der Waals surface area (Å²) < 4.78 is 26.5. The second-order valence-corrected chi connectivity index (χ2v) is 6.39. The third-order valence-electron chi connectivity index (χ3n) is 4.11. The quantitative estimate of drug-likeness (QED) is 0.820. The monoisotopic (exact) mass is 349 g/mol. The molecule has 1 aromatic carbocycles. The zero-order valence-corrected chi connectivity index (χ0v) is 14.3. The molecule has 1 N–H and O–H groups in total. The van der Waals surface area contributed by atoms with E-state index in [1.165, 1.54) is 6.07 Å². The summed E-state index contributed by atoms with van der Waals surface area (Å²) in [5.41, 5.74) is 1.12. The summed E-state index contributed by atoms with van der Waals surface area (Å²) in [4.78, 5) is 2.14. The molecule has 25 heavy (non-hydrogen) atoms. The average molecular weight is 349 g/mol. The van der Waals surface area contributed by atoms with Gasteiger partial charge in [0.25, 0.3) is 0 Å². The summed E-state index contributed by atoms with van der Waals surface area (Å²) >= 11 is 0. The van der Waals surface area contributed by atoms with Gasteiger partial charge in [-0.1, -0.05) is 12.1 Å². The van der Waals surface area contributed by atoms with E-state index in [9.17, 15) is 9.50 Å². The minimum atomic E-state index is -0.690. The minimum absolute atomic E-state index is 0.0349. The van der Waals surface area contributed by atoms with E-state index in [4.69, 9.17) is 9.47 Å². The lowest BCUT2D eigenvalue weighted by molar-refractivity contribution is -0.0518. The van der Waals surface area contributed by atoms with Crippen molar-refractivity contribution >= 4 is 0 Å². The molecule has 6 nitrogen and oxygen atoms in total. The SMILES string of the molecule is Cc1cnn(CC2CN(CC(O)COc3ccccc3F)CCO2)c1. The molecule has 1 aliphatic rings. The van der Waals surface area contributed by atoms with E-state index < -0.39 is 11.9 Å². The number of benzene rings is 1. The Balaban J connectivity index is 1.44. The summed E-state index contributed by atoms with van der Waals surface area (Å²) in [5.74, 6) is -0.258. The number of aliphatic hydroxyl groups excluding tert-OH is 1. The molecule has 0 aliphatic carbocycles. The third kappa shape index (κ3) is 5.26. The number of hydrogen-bond donors (Lipinski definition) is 1. The Kier molecular flexibility index (Phi) is 6.01. The Morgan fingerprint density at radius 3 is 3.04 bits per heavy atom. The van der Waals surface area contributed by atoms with E-state index in [2.05, 4.69) is 10.00 Å². The van der Waals surface area contributed by atoms with Crippen molar-refractivity contribution < 1.29 is 19.0 Å². The molecule has 3 rings (SSSR count). The number of aryl methyl sites for hydroxylation is 1. The molecule has 0 amide bonds. The second-order valence-electron chi connectivity index (χ2n) is 6.39. The maximum absolute atomic E-state index is 13.5. The van der Waals surface area contributed by atoms with Crippen LogP contribution in [0.2, 0.25) is 0 Å². The average Bonchev–Trinajstić information content (AvgIpc) is 2.99. The standard InChI is InChI=1S/C18H24FN3O3/c1-14-8-20-22(9-14)12-16-11-21(6-7-24-16)10-15(23)13-25-18-5-3-2-4-17(18)19/h2-5,8-9,15-16,23H,6-7,10-13H2,1H3. The van der Waals surface area contributed by atoms with Crippen LogP contribution in [0.4, 0.5) is 4.39 Å². The molecular formula is C18H24FN3O3. The van der Waals surface area contributed by atoms with Gasteiger partial charge in [0.15, 0.2) is 11.6 Å². The molecule has 2 heterocycles. The van der Waals surface area contributed by atoms with Gasteiger partial charge >= 0.3 is 0 Å². The molecule has 136 valence electrons. The Morgan fingerprint density at radius 2 is 2.28 bits per heavy atom. The molecule has 1 aromatic heterocycles. The molecule has 2 aromatic rings. The predicted molar refractivity (Wildman–Crippen MR) is 91.0 cm³/mol. The zero-order valence-electron chi connectivity index (χ0n) is 14.3. The molecule has 1 saturated heterocycles. The minimum Gasteiger partial charge on any atom is -0.488 e. The normalized spacial score (nSPS) is 19.7. The number of hydrogen-bond acceptors (Lipinski definition) is 5. The zero-order chi connectivity index (χ0) is 17.6. The number of rotatable bonds is 7. The summed E-state index contributed by atoms with van der Waals surface area (Å²) in [6.07, 6.45) is 3.15. The van der Waals surface area contributed by atoms with Crippen molar-refractivity contribution in [2.24, 2.45) is 0 Å². The summed E-state index contributed by atoms with van der Waals surface area (Å²) in [7, 11) is 0. The maximum Gasteiger partial charge on any atom is 0.165 e. The highest BCUT2D eigenvalue weighted by Gasteiger charge is 2.23. The summed E-state index contributed by atoms with van der Waals surface area (Å²) in [6.45, 7) is 5.30. The molecule has 0 spiro atoms. The van der Waals surface area contributed by atoms with Gasteiger partial charge in [0.05, 0.1) is 25.5 Å². The van der Waals surface area contributed by atoms with Gasteiger partial charge < -0.3 is 14.6 Å². The van der Waals surface area contributed by atoms with E-state index in [1.54, 1.807) is 18.2 Å². The number of morpholine rings is 1. The Labute approximate surface area is 146 Å². The van der Waals surface area contributed by atoms with Crippen molar-refractivity contribution in [1.29, 1.82) is 0 Å². The lowest BCUT2D eigenvalue weighted by atomic mass is 10.2. The molecule has 2 atom stereocenters. The van der Waals surface area contributed by atoms with Gasteiger partial charge in [0, 0.05) is 25.8 Å². The van der Waals surface area contributed by atoms with Crippen LogP contribution in [0.15, 0.2) is 36.7 Å². The van der Waals surface area contributed by atoms with Crippen LogP contribution in [0.25, 0.3) is 0 Å². The van der Waals surface area contributed by atoms with Gasteiger partial charge in [-0.05, 0) is 24.6 Å². The van der Waals surface area contributed by atoms with Crippen LogP contribution in [-0.2, 0) is 11.3 Å². The van der Waals surface area contributed by atoms with Gasteiger partial charge in [-0.3, -0.25) is 9.58 Å². The molecule has 0 bridgehead atoms. The van der Waals surface area contributed by atoms with Gasteiger partial charge in [0.1, 0.15) is 12.7 Å². The molecule has 2 unspecified atom stereocenters. The first-order chi connectivity index (χ1) is 12.1. The van der Waals surface area contributed by atoms with E-state index in [0.29, 0.717) is 19.7 Å². The van der Waals surface area contributed by atoms with Crippen molar-refractivity contribution in [2.75, 3.05) is 32.8 Å². The highest BCUT2D eigenvalue weighted by molar-refractivity contribution is 5.23. The lowest BCUT2D eigenvalue weighted by Gasteiger charge is -2.34. The maximum atomic E-state index is 13.5. The number of nitrogens with zero attached hydrogens (tertiary/aromatic N) is 3. The summed E-state index contributed by atoms with van der Waals surface area (Å²) in [6, 6.07) is 6.20. The fraction of sp³-hybridized carbons (Fsp3) is 0.500. The number of β-amino-alcohol motifs (C(OH)–C–C–N with tert-alkyl or cyclic N) is 1. The number of aliphatic hydroxyl groups is 1. The van der Waals surface area contributed by atoms with Crippen LogP contribution in [0.3, 0.4) is 0 Å². The highest BCUT2D eigenvalue weighted by Crippen LogP contribution is 2.16.